The van der Waals surface area contributed by atoms with Crippen LogP contribution in [0.1, 0.15) is 26.0 Å². The summed E-state index contributed by atoms with van der Waals surface area (Å²) >= 11 is 6.59. The standard InChI is InChI=1S/C12H18N4S2/c1-9(2)15(4-3-11(13)17)7-10-8-16-5-6-18-12(16)14-10/h5-6,8-9H,3-4,7H2,1-2H3,(H2,13,17). The van der Waals surface area contributed by atoms with Gasteiger partial charge in [0.15, 0.2) is 4.96 Å². The summed E-state index contributed by atoms with van der Waals surface area (Å²) in [6, 6.07) is 0.457. The topological polar surface area (TPSA) is 46.6 Å². The summed E-state index contributed by atoms with van der Waals surface area (Å²) in [4.78, 5) is 8.56. The van der Waals surface area contributed by atoms with Crippen LogP contribution in [-0.4, -0.2) is 31.9 Å². The molecule has 0 aromatic carbocycles. The van der Waals surface area contributed by atoms with E-state index in [9.17, 15) is 0 Å². The second-order valence-corrected chi connectivity index (χ2v) is 6.00. The fourth-order valence-corrected chi connectivity index (χ4v) is 2.64. The molecule has 2 N–H and O–H groups in total. The molecule has 2 aromatic heterocycles. The third kappa shape index (κ3) is 3.28. The smallest absolute Gasteiger partial charge is 0.193 e. The summed E-state index contributed by atoms with van der Waals surface area (Å²) in [5.74, 6) is 0. The quantitative estimate of drug-likeness (QED) is 0.826. The molecule has 0 spiro atoms. The van der Waals surface area contributed by atoms with Crippen LogP contribution in [0.2, 0.25) is 0 Å². The highest BCUT2D eigenvalue weighted by Gasteiger charge is 2.12. The van der Waals surface area contributed by atoms with Crippen LogP contribution in [0, 0.1) is 0 Å². The maximum Gasteiger partial charge on any atom is 0.193 e. The van der Waals surface area contributed by atoms with Crippen molar-refractivity contribution >= 4 is 33.5 Å². The average molecular weight is 282 g/mol. The van der Waals surface area contributed by atoms with Crippen molar-refractivity contribution in [1.29, 1.82) is 0 Å². The first-order chi connectivity index (χ1) is 8.56. The minimum absolute atomic E-state index is 0.457. The molecule has 0 aliphatic carbocycles. The van der Waals surface area contributed by atoms with Crippen LogP contribution < -0.4 is 5.73 Å². The van der Waals surface area contributed by atoms with Gasteiger partial charge < -0.3 is 5.73 Å². The first kappa shape index (κ1) is 13.5. The second-order valence-electron chi connectivity index (χ2n) is 4.61. The molecule has 2 rings (SSSR count). The second kappa shape index (κ2) is 5.77. The maximum atomic E-state index is 5.57. The first-order valence-electron chi connectivity index (χ1n) is 5.99. The highest BCUT2D eigenvalue weighted by Crippen LogP contribution is 2.14. The molecule has 0 atom stereocenters. The molecule has 6 heteroatoms. The van der Waals surface area contributed by atoms with Crippen molar-refractivity contribution in [3.05, 3.63) is 23.5 Å². The summed E-state index contributed by atoms with van der Waals surface area (Å²) in [6.45, 7) is 6.09. The highest BCUT2D eigenvalue weighted by molar-refractivity contribution is 7.80. The van der Waals surface area contributed by atoms with Crippen molar-refractivity contribution in [2.75, 3.05) is 6.54 Å². The van der Waals surface area contributed by atoms with Crippen molar-refractivity contribution in [1.82, 2.24) is 14.3 Å². The first-order valence-corrected chi connectivity index (χ1v) is 7.28. The molecule has 4 nitrogen and oxygen atoms in total. The summed E-state index contributed by atoms with van der Waals surface area (Å²) in [7, 11) is 0. The van der Waals surface area contributed by atoms with Crippen LogP contribution in [0.15, 0.2) is 17.8 Å². The third-order valence-corrected chi connectivity index (χ3v) is 3.86. The fraction of sp³-hybridized carbons (Fsp3) is 0.500. The SMILES string of the molecule is CC(C)N(CCC(N)=S)Cc1cn2ccsc2n1. The van der Waals surface area contributed by atoms with Gasteiger partial charge in [0, 0.05) is 43.3 Å². The van der Waals surface area contributed by atoms with Gasteiger partial charge in [0.05, 0.1) is 10.7 Å². The molecule has 0 aliphatic heterocycles. The molecule has 0 radical (unpaired) electrons. The summed E-state index contributed by atoms with van der Waals surface area (Å²) in [6.07, 6.45) is 4.88. The molecule has 98 valence electrons. The number of hydrogen-bond donors (Lipinski definition) is 1. The number of thiazole rings is 1. The third-order valence-electron chi connectivity index (χ3n) is 2.88. The number of hydrogen-bond acceptors (Lipinski definition) is 4. The normalized spacial score (nSPS) is 11.8. The Morgan fingerprint density at radius 1 is 1.61 bits per heavy atom. The van der Waals surface area contributed by atoms with Crippen molar-refractivity contribution in [2.45, 2.75) is 32.9 Å². The van der Waals surface area contributed by atoms with Crippen LogP contribution in [0.5, 0.6) is 0 Å². The molecule has 0 unspecified atom stereocenters. The molecule has 0 amide bonds. The Hall–Kier alpha value is -0.980. The fourth-order valence-electron chi connectivity index (χ4n) is 1.83. The monoisotopic (exact) mass is 282 g/mol. The number of aromatic nitrogens is 2. The predicted molar refractivity (Wildman–Crippen MR) is 80.0 cm³/mol. The van der Waals surface area contributed by atoms with E-state index in [4.69, 9.17) is 18.0 Å². The lowest BCUT2D eigenvalue weighted by Gasteiger charge is -2.25. The Morgan fingerprint density at radius 2 is 2.39 bits per heavy atom. The van der Waals surface area contributed by atoms with Crippen LogP contribution in [0.3, 0.4) is 0 Å². The Balaban J connectivity index is 2.03. The molecule has 0 aliphatic rings. The van der Waals surface area contributed by atoms with Gasteiger partial charge in [-0.1, -0.05) is 12.2 Å². The van der Waals surface area contributed by atoms with Gasteiger partial charge in [-0.05, 0) is 13.8 Å². The van der Waals surface area contributed by atoms with E-state index < -0.39 is 0 Å². The summed E-state index contributed by atoms with van der Waals surface area (Å²) < 4.78 is 2.06. The molecule has 2 heterocycles. The summed E-state index contributed by atoms with van der Waals surface area (Å²) in [5.41, 5.74) is 6.66. The maximum absolute atomic E-state index is 5.57. The van der Waals surface area contributed by atoms with Crippen molar-refractivity contribution in [3.63, 3.8) is 0 Å². The van der Waals surface area contributed by atoms with Gasteiger partial charge in [0.25, 0.3) is 0 Å². The highest BCUT2D eigenvalue weighted by atomic mass is 32.1. The number of nitrogens with two attached hydrogens (primary N) is 1. The zero-order chi connectivity index (χ0) is 13.1. The number of thiocarbonyl (C=S) groups is 1. The van der Waals surface area contributed by atoms with Gasteiger partial charge in [-0.2, -0.15) is 0 Å². The van der Waals surface area contributed by atoms with Gasteiger partial charge in [0.2, 0.25) is 0 Å². The average Bonchev–Trinajstić information content (AvgIpc) is 2.83. The Bertz CT molecular complexity index is 500. The van der Waals surface area contributed by atoms with Crippen molar-refractivity contribution in [2.24, 2.45) is 5.73 Å². The number of imidazole rings is 1. The number of fused-ring (bicyclic) bond motifs is 1. The molecular weight excluding hydrogens is 264 g/mol. The van der Waals surface area contributed by atoms with Gasteiger partial charge in [0.1, 0.15) is 0 Å². The molecule has 0 fully saturated rings. The van der Waals surface area contributed by atoms with E-state index >= 15 is 0 Å². The van der Waals surface area contributed by atoms with E-state index in [1.165, 1.54) is 0 Å². The van der Waals surface area contributed by atoms with E-state index in [-0.39, 0.29) is 0 Å². The van der Waals surface area contributed by atoms with Gasteiger partial charge in [-0.15, -0.1) is 11.3 Å². The molecular formula is C12H18N4S2. The lowest BCUT2D eigenvalue weighted by Crippen LogP contribution is -2.33. The van der Waals surface area contributed by atoms with Crippen molar-refractivity contribution in [3.8, 4) is 0 Å². The van der Waals surface area contributed by atoms with Crippen LogP contribution in [-0.2, 0) is 6.54 Å². The van der Waals surface area contributed by atoms with E-state index in [0.29, 0.717) is 11.0 Å². The molecule has 0 saturated heterocycles. The van der Waals surface area contributed by atoms with E-state index in [1.807, 2.05) is 11.6 Å². The number of rotatable bonds is 6. The van der Waals surface area contributed by atoms with E-state index in [0.717, 1.165) is 30.2 Å². The zero-order valence-corrected chi connectivity index (χ0v) is 12.3. The minimum Gasteiger partial charge on any atom is -0.393 e. The molecule has 0 saturated carbocycles. The van der Waals surface area contributed by atoms with Crippen LogP contribution >= 0.6 is 23.6 Å². The van der Waals surface area contributed by atoms with E-state index in [2.05, 4.69) is 34.3 Å². The Morgan fingerprint density at radius 3 is 3.00 bits per heavy atom. The van der Waals surface area contributed by atoms with E-state index in [1.54, 1.807) is 11.3 Å². The Labute approximate surface area is 116 Å². The summed E-state index contributed by atoms with van der Waals surface area (Å²) in [5, 5.41) is 2.04. The molecule has 2 aromatic rings. The van der Waals surface area contributed by atoms with Gasteiger partial charge in [-0.3, -0.25) is 9.30 Å². The lowest BCUT2D eigenvalue weighted by atomic mass is 10.2. The van der Waals surface area contributed by atoms with Crippen molar-refractivity contribution < 1.29 is 0 Å². The largest absolute Gasteiger partial charge is 0.393 e. The minimum atomic E-state index is 0.457. The lowest BCUT2D eigenvalue weighted by molar-refractivity contribution is 0.217. The van der Waals surface area contributed by atoms with Crippen LogP contribution in [0.25, 0.3) is 4.96 Å². The van der Waals surface area contributed by atoms with Gasteiger partial charge in [-0.25, -0.2) is 4.98 Å². The zero-order valence-electron chi connectivity index (χ0n) is 10.7. The van der Waals surface area contributed by atoms with Gasteiger partial charge >= 0.3 is 0 Å². The molecule has 0 bridgehead atoms. The predicted octanol–water partition coefficient (Wildman–Crippen LogP) is 2.28. The Kier molecular flexibility index (Phi) is 4.31. The van der Waals surface area contributed by atoms with Crippen LogP contribution in [0.4, 0.5) is 0 Å². The molecule has 18 heavy (non-hydrogen) atoms. The number of nitrogens with zero attached hydrogens (tertiary/aromatic N) is 3.